The molecule has 0 saturated heterocycles. The molecule has 0 aliphatic heterocycles. The molecule has 0 fully saturated rings. The van der Waals surface area contributed by atoms with E-state index in [1.54, 1.807) is 24.5 Å². The number of anilines is 2. The fraction of sp³-hybridized carbons (Fsp3) is 0.190. The van der Waals surface area contributed by atoms with Gasteiger partial charge in [-0.15, -0.1) is 0 Å². The summed E-state index contributed by atoms with van der Waals surface area (Å²) in [6, 6.07) is 10.2. The Morgan fingerprint density at radius 3 is 2.38 bits per heavy atom. The van der Waals surface area contributed by atoms with Crippen LogP contribution in [0.25, 0.3) is 11.3 Å². The van der Waals surface area contributed by atoms with Gasteiger partial charge < -0.3 is 14.8 Å². The van der Waals surface area contributed by atoms with Gasteiger partial charge in [-0.1, -0.05) is 23.4 Å². The highest BCUT2D eigenvalue weighted by Crippen LogP contribution is 2.39. The molecule has 0 amide bonds. The van der Waals surface area contributed by atoms with E-state index in [1.165, 1.54) is 38.1 Å². The van der Waals surface area contributed by atoms with E-state index >= 15 is 0 Å². The second-order valence-corrected chi connectivity index (χ2v) is 7.49. The Bertz CT molecular complexity index is 1200. The molecule has 32 heavy (non-hydrogen) atoms. The summed E-state index contributed by atoms with van der Waals surface area (Å²) in [7, 11) is 2.95. The van der Waals surface area contributed by atoms with Crippen molar-refractivity contribution in [2.75, 3.05) is 25.8 Å². The summed E-state index contributed by atoms with van der Waals surface area (Å²) >= 11 is 6.94. The molecule has 0 atom stereocenters. The summed E-state index contributed by atoms with van der Waals surface area (Å²) in [6.07, 6.45) is -2.95. The number of nitrogens with one attached hydrogen (secondary N) is 1. The zero-order valence-corrected chi connectivity index (χ0v) is 18.6. The quantitative estimate of drug-likeness (QED) is 0.334. The van der Waals surface area contributed by atoms with Crippen LogP contribution < -0.4 is 14.8 Å². The molecule has 2 aromatic carbocycles. The number of alkyl halides is 3. The number of aromatic nitrogens is 2. The Hall–Kier alpha value is -3.16. The van der Waals surface area contributed by atoms with Crippen LogP contribution in [0, 0.1) is 11.3 Å². The van der Waals surface area contributed by atoms with E-state index in [0.717, 1.165) is 6.07 Å². The van der Waals surface area contributed by atoms with Crippen LogP contribution >= 0.6 is 23.4 Å². The Labute approximate surface area is 191 Å². The van der Waals surface area contributed by atoms with Crippen LogP contribution in [-0.2, 0) is 6.18 Å². The molecule has 1 aromatic heterocycles. The van der Waals surface area contributed by atoms with Crippen LogP contribution in [0.5, 0.6) is 11.5 Å². The summed E-state index contributed by atoms with van der Waals surface area (Å²) in [5, 5.41) is 12.7. The lowest BCUT2D eigenvalue weighted by molar-refractivity contribution is -0.136. The van der Waals surface area contributed by atoms with E-state index < -0.39 is 11.7 Å². The second-order valence-electron chi connectivity index (χ2n) is 6.28. The first kappa shape index (κ1) is 23.5. The van der Waals surface area contributed by atoms with Gasteiger partial charge in [0.15, 0.2) is 22.5 Å². The molecule has 166 valence electrons. The number of nitrogens with zero attached hydrogens (tertiary/aromatic N) is 3. The van der Waals surface area contributed by atoms with Gasteiger partial charge in [0.2, 0.25) is 0 Å². The van der Waals surface area contributed by atoms with Crippen molar-refractivity contribution >= 4 is 34.9 Å². The van der Waals surface area contributed by atoms with E-state index in [-0.39, 0.29) is 32.9 Å². The number of benzene rings is 2. The monoisotopic (exact) mass is 480 g/mol. The van der Waals surface area contributed by atoms with Crippen molar-refractivity contribution in [3.63, 3.8) is 0 Å². The summed E-state index contributed by atoms with van der Waals surface area (Å²) in [5.41, 5.74) is -0.559. The van der Waals surface area contributed by atoms with Crippen LogP contribution in [0.2, 0.25) is 5.02 Å². The van der Waals surface area contributed by atoms with Crippen molar-refractivity contribution in [2.24, 2.45) is 0 Å². The standard InChI is InChI=1S/C21H16ClF3N4O2S/c1-30-16-7-4-11(8-17(16)31-2)18-13(10-26)19(29-20(28-18)32-3)27-15-6-5-12(22)9-14(15)21(23,24)25/h4-9H,1-3H3,(H,27,28,29). The highest BCUT2D eigenvalue weighted by Gasteiger charge is 2.34. The largest absolute Gasteiger partial charge is 0.493 e. The molecule has 0 spiro atoms. The van der Waals surface area contributed by atoms with Gasteiger partial charge in [0, 0.05) is 10.6 Å². The van der Waals surface area contributed by atoms with Gasteiger partial charge in [-0.3, -0.25) is 0 Å². The second kappa shape index (κ2) is 9.54. The summed E-state index contributed by atoms with van der Waals surface area (Å²) < 4.78 is 51.1. The number of hydrogen-bond acceptors (Lipinski definition) is 7. The molecule has 3 aromatic rings. The number of ether oxygens (including phenoxy) is 2. The smallest absolute Gasteiger partial charge is 0.418 e. The lowest BCUT2D eigenvalue weighted by Crippen LogP contribution is -2.11. The van der Waals surface area contributed by atoms with Gasteiger partial charge in [-0.05, 0) is 42.7 Å². The maximum absolute atomic E-state index is 13.5. The molecule has 0 radical (unpaired) electrons. The van der Waals surface area contributed by atoms with Gasteiger partial charge in [0.1, 0.15) is 11.6 Å². The first-order valence-electron chi connectivity index (χ1n) is 8.94. The van der Waals surface area contributed by atoms with Crippen LogP contribution in [0.1, 0.15) is 11.1 Å². The Balaban J connectivity index is 2.19. The molecule has 1 heterocycles. The van der Waals surface area contributed by atoms with Gasteiger partial charge in [-0.2, -0.15) is 18.4 Å². The molecule has 1 N–H and O–H groups in total. The van der Waals surface area contributed by atoms with Crippen LogP contribution in [-0.4, -0.2) is 30.4 Å². The van der Waals surface area contributed by atoms with Crippen molar-refractivity contribution in [1.29, 1.82) is 5.26 Å². The van der Waals surface area contributed by atoms with Gasteiger partial charge in [0.05, 0.1) is 31.2 Å². The predicted octanol–water partition coefficient (Wildman–Crippen LogP) is 6.17. The zero-order valence-electron chi connectivity index (χ0n) is 17.0. The summed E-state index contributed by atoms with van der Waals surface area (Å²) in [6.45, 7) is 0. The molecular weight excluding hydrogens is 465 g/mol. The molecule has 11 heteroatoms. The minimum Gasteiger partial charge on any atom is -0.493 e. The molecule has 0 saturated carbocycles. The summed E-state index contributed by atoms with van der Waals surface area (Å²) in [5.74, 6) is 0.817. The third kappa shape index (κ3) is 4.84. The highest BCUT2D eigenvalue weighted by molar-refractivity contribution is 7.98. The van der Waals surface area contributed by atoms with Crippen molar-refractivity contribution in [1.82, 2.24) is 9.97 Å². The van der Waals surface area contributed by atoms with Gasteiger partial charge >= 0.3 is 6.18 Å². The van der Waals surface area contributed by atoms with Crippen molar-refractivity contribution in [2.45, 2.75) is 11.3 Å². The SMILES string of the molecule is COc1ccc(-c2nc(SC)nc(Nc3ccc(Cl)cc3C(F)(F)F)c2C#N)cc1OC. The normalized spacial score (nSPS) is 11.1. The minimum absolute atomic E-state index is 0.0295. The van der Waals surface area contributed by atoms with E-state index in [0.29, 0.717) is 17.1 Å². The third-order valence-electron chi connectivity index (χ3n) is 4.38. The van der Waals surface area contributed by atoms with Gasteiger partial charge in [-0.25, -0.2) is 9.97 Å². The van der Waals surface area contributed by atoms with E-state index in [1.807, 2.05) is 6.07 Å². The van der Waals surface area contributed by atoms with Gasteiger partial charge in [0.25, 0.3) is 0 Å². The maximum Gasteiger partial charge on any atom is 0.418 e. The Kier molecular flexibility index (Phi) is 7.01. The van der Waals surface area contributed by atoms with E-state index in [2.05, 4.69) is 15.3 Å². The fourth-order valence-electron chi connectivity index (χ4n) is 2.91. The average Bonchev–Trinajstić information content (AvgIpc) is 2.78. The predicted molar refractivity (Wildman–Crippen MR) is 117 cm³/mol. The molecule has 0 aliphatic rings. The van der Waals surface area contributed by atoms with E-state index in [4.69, 9.17) is 21.1 Å². The van der Waals surface area contributed by atoms with Crippen LogP contribution in [0.3, 0.4) is 0 Å². The molecule has 0 unspecified atom stereocenters. The number of hydrogen-bond donors (Lipinski definition) is 1. The molecule has 3 rings (SSSR count). The van der Waals surface area contributed by atoms with Crippen LogP contribution in [0.15, 0.2) is 41.6 Å². The Morgan fingerprint density at radius 2 is 1.78 bits per heavy atom. The number of nitriles is 1. The lowest BCUT2D eigenvalue weighted by Gasteiger charge is -2.17. The molecule has 6 nitrogen and oxygen atoms in total. The highest BCUT2D eigenvalue weighted by atomic mass is 35.5. The summed E-state index contributed by atoms with van der Waals surface area (Å²) in [4.78, 5) is 8.63. The third-order valence-corrected chi connectivity index (χ3v) is 5.16. The average molecular weight is 481 g/mol. The minimum atomic E-state index is -4.67. The first-order chi connectivity index (χ1) is 15.2. The fourth-order valence-corrected chi connectivity index (χ4v) is 3.45. The molecule has 0 bridgehead atoms. The Morgan fingerprint density at radius 1 is 1.06 bits per heavy atom. The zero-order chi connectivity index (χ0) is 23.5. The topological polar surface area (TPSA) is 80.1 Å². The maximum atomic E-state index is 13.5. The molecule has 0 aliphatic carbocycles. The van der Waals surface area contributed by atoms with Crippen molar-refractivity contribution < 1.29 is 22.6 Å². The van der Waals surface area contributed by atoms with Crippen molar-refractivity contribution in [3.05, 3.63) is 52.5 Å². The lowest BCUT2D eigenvalue weighted by atomic mass is 10.1. The number of methoxy groups -OCH3 is 2. The number of rotatable bonds is 6. The van der Waals surface area contributed by atoms with Crippen molar-refractivity contribution in [3.8, 4) is 28.8 Å². The molecular formula is C21H16ClF3N4O2S. The number of halogens is 4. The van der Waals surface area contributed by atoms with E-state index in [9.17, 15) is 18.4 Å². The first-order valence-corrected chi connectivity index (χ1v) is 10.5. The number of thioether (sulfide) groups is 1. The van der Waals surface area contributed by atoms with Crippen LogP contribution in [0.4, 0.5) is 24.7 Å².